The molecule has 2 heterocycles. The van der Waals surface area contributed by atoms with Gasteiger partial charge in [0, 0.05) is 18.7 Å². The van der Waals surface area contributed by atoms with Crippen LogP contribution >= 0.6 is 34.7 Å². The topological polar surface area (TPSA) is 98.5 Å². The predicted octanol–water partition coefficient (Wildman–Crippen LogP) is 4.80. The van der Waals surface area contributed by atoms with Gasteiger partial charge in [0.1, 0.15) is 11.3 Å². The van der Waals surface area contributed by atoms with Gasteiger partial charge in [0.05, 0.1) is 20.8 Å². The number of thiazole rings is 1. The van der Waals surface area contributed by atoms with Crippen molar-refractivity contribution in [2.24, 2.45) is 4.99 Å². The van der Waals surface area contributed by atoms with Crippen LogP contribution in [0, 0.1) is 11.3 Å². The summed E-state index contributed by atoms with van der Waals surface area (Å²) >= 11 is 8.73. The molecule has 1 unspecified atom stereocenters. The summed E-state index contributed by atoms with van der Waals surface area (Å²) in [5, 5.41) is 12.5. The maximum absolute atomic E-state index is 12.8. The Hall–Kier alpha value is -2.93. The van der Waals surface area contributed by atoms with Crippen LogP contribution in [0.4, 0.5) is 10.8 Å². The lowest BCUT2D eigenvalue weighted by atomic mass is 10.2. The highest BCUT2D eigenvalue weighted by Crippen LogP contribution is 2.34. The zero-order valence-electron chi connectivity index (χ0n) is 16.3. The summed E-state index contributed by atoms with van der Waals surface area (Å²) in [6.07, 6.45) is -0.00349. The van der Waals surface area contributed by atoms with Gasteiger partial charge in [-0.2, -0.15) is 10.3 Å². The molecule has 2 aromatic carbocycles. The van der Waals surface area contributed by atoms with Gasteiger partial charge in [-0.15, -0.1) is 0 Å². The smallest absolute Gasteiger partial charge is 0.242 e. The Morgan fingerprint density at radius 1 is 1.35 bits per heavy atom. The van der Waals surface area contributed by atoms with Crippen molar-refractivity contribution < 1.29 is 9.59 Å². The molecule has 3 aromatic rings. The minimum Gasteiger partial charge on any atom is -0.326 e. The van der Waals surface area contributed by atoms with Gasteiger partial charge in [-0.1, -0.05) is 46.8 Å². The highest BCUT2D eigenvalue weighted by Gasteiger charge is 2.38. The van der Waals surface area contributed by atoms with Crippen LogP contribution in [0.3, 0.4) is 0 Å². The highest BCUT2D eigenvalue weighted by molar-refractivity contribution is 8.15. The van der Waals surface area contributed by atoms with E-state index in [1.165, 1.54) is 35.2 Å². The molecule has 1 fully saturated rings. The molecule has 31 heavy (non-hydrogen) atoms. The van der Waals surface area contributed by atoms with Crippen molar-refractivity contribution in [2.45, 2.75) is 18.6 Å². The van der Waals surface area contributed by atoms with E-state index < -0.39 is 5.25 Å². The lowest BCUT2D eigenvalue weighted by Crippen LogP contribution is -2.33. The first-order valence-corrected chi connectivity index (χ1v) is 11.5. The Kier molecular flexibility index (Phi) is 6.23. The molecule has 10 heteroatoms. The first-order chi connectivity index (χ1) is 15.0. The molecule has 0 spiro atoms. The molecule has 1 saturated heterocycles. The molecule has 0 radical (unpaired) electrons. The number of para-hydroxylation sites is 1. The zero-order valence-corrected chi connectivity index (χ0v) is 18.7. The molecule has 1 atom stereocenters. The lowest BCUT2D eigenvalue weighted by molar-refractivity contribution is -0.128. The molecule has 1 aliphatic heterocycles. The van der Waals surface area contributed by atoms with Crippen LogP contribution in [0.15, 0.2) is 47.5 Å². The second-order valence-corrected chi connectivity index (χ2v) is 9.19. The summed E-state index contributed by atoms with van der Waals surface area (Å²) in [5.41, 5.74) is 1.66. The van der Waals surface area contributed by atoms with Gasteiger partial charge in [0.25, 0.3) is 0 Å². The van der Waals surface area contributed by atoms with Gasteiger partial charge in [-0.05, 0) is 37.3 Å². The van der Waals surface area contributed by atoms with E-state index in [1.807, 2.05) is 37.3 Å². The number of anilines is 1. The van der Waals surface area contributed by atoms with Gasteiger partial charge in [-0.25, -0.2) is 4.98 Å². The van der Waals surface area contributed by atoms with Crippen molar-refractivity contribution in [3.8, 4) is 6.07 Å². The molecular weight excluding hydrogens is 454 g/mol. The quantitative estimate of drug-likeness (QED) is 0.578. The van der Waals surface area contributed by atoms with Crippen LogP contribution in [-0.4, -0.2) is 38.7 Å². The number of hydrogen-bond acceptors (Lipinski definition) is 7. The second-order valence-electron chi connectivity index (χ2n) is 6.61. The van der Waals surface area contributed by atoms with Crippen LogP contribution in [-0.2, 0) is 9.59 Å². The first kappa shape index (κ1) is 21.3. The highest BCUT2D eigenvalue weighted by atomic mass is 35.5. The van der Waals surface area contributed by atoms with Crippen molar-refractivity contribution in [3.63, 3.8) is 0 Å². The number of hydrogen-bond donors (Lipinski definition) is 1. The van der Waals surface area contributed by atoms with E-state index in [4.69, 9.17) is 16.9 Å². The molecule has 1 aromatic heterocycles. The molecule has 0 bridgehead atoms. The molecule has 156 valence electrons. The molecule has 1 N–H and O–H groups in total. The summed E-state index contributed by atoms with van der Waals surface area (Å²) < 4.78 is 1.02. The molecule has 1 aliphatic rings. The fourth-order valence-electron chi connectivity index (χ4n) is 3.07. The normalized spacial score (nSPS) is 17.3. The minimum atomic E-state index is -0.568. The number of nitrogens with one attached hydrogen (secondary N) is 1. The SMILES string of the molecule is CCN1C(=O)C(CC(=O)Nc2ccc(C#N)c(Cl)c2)SC1=Nc1nc2ccccc2s1. The molecule has 0 saturated carbocycles. The Morgan fingerprint density at radius 2 is 2.16 bits per heavy atom. The van der Waals surface area contributed by atoms with E-state index >= 15 is 0 Å². The molecule has 7 nitrogen and oxygen atoms in total. The molecular formula is C21H16ClN5O2S2. The molecule has 4 rings (SSSR count). The third-order valence-electron chi connectivity index (χ3n) is 4.55. The Morgan fingerprint density at radius 3 is 2.87 bits per heavy atom. The average Bonchev–Trinajstić information content (AvgIpc) is 3.28. The summed E-state index contributed by atoms with van der Waals surface area (Å²) in [6.45, 7) is 2.33. The van der Waals surface area contributed by atoms with E-state index in [2.05, 4.69) is 15.3 Å². The Balaban J connectivity index is 1.48. The van der Waals surface area contributed by atoms with E-state index in [0.29, 0.717) is 28.1 Å². The van der Waals surface area contributed by atoms with Crippen LogP contribution in [0.1, 0.15) is 18.9 Å². The van der Waals surface area contributed by atoms with Gasteiger partial charge in [-0.3, -0.25) is 14.5 Å². The summed E-state index contributed by atoms with van der Waals surface area (Å²) in [4.78, 5) is 36.0. The van der Waals surface area contributed by atoms with E-state index in [1.54, 1.807) is 11.0 Å². The van der Waals surface area contributed by atoms with Crippen LogP contribution in [0.5, 0.6) is 0 Å². The summed E-state index contributed by atoms with van der Waals surface area (Å²) in [6, 6.07) is 14.4. The number of amidine groups is 1. The third-order valence-corrected chi connectivity index (χ3v) is 6.97. The standard InChI is InChI=1S/C21H16ClN5O2S2/c1-2-27-19(29)17(10-18(28)24-13-8-7-12(11-23)14(22)9-13)31-21(27)26-20-25-15-5-3-4-6-16(15)30-20/h3-9,17H,2,10H2,1H3,(H,24,28). The zero-order chi connectivity index (χ0) is 22.0. The van der Waals surface area contributed by atoms with Crippen LogP contribution in [0.2, 0.25) is 5.02 Å². The number of amides is 2. The minimum absolute atomic E-state index is 0.00349. The average molecular weight is 470 g/mol. The maximum atomic E-state index is 12.8. The maximum Gasteiger partial charge on any atom is 0.242 e. The van der Waals surface area contributed by atoms with E-state index in [-0.39, 0.29) is 23.3 Å². The van der Waals surface area contributed by atoms with Gasteiger partial charge in [0.2, 0.25) is 16.9 Å². The number of fused-ring (bicyclic) bond motifs is 1. The number of rotatable bonds is 5. The van der Waals surface area contributed by atoms with Gasteiger partial charge in [0.15, 0.2) is 5.17 Å². The number of halogens is 1. The van der Waals surface area contributed by atoms with Crippen molar-refractivity contribution in [2.75, 3.05) is 11.9 Å². The van der Waals surface area contributed by atoms with Crippen LogP contribution < -0.4 is 5.32 Å². The van der Waals surface area contributed by atoms with Gasteiger partial charge >= 0.3 is 0 Å². The lowest BCUT2D eigenvalue weighted by Gasteiger charge is -2.13. The fourth-order valence-corrected chi connectivity index (χ4v) is 5.39. The number of carbonyl (C=O) groups excluding carboxylic acids is 2. The monoisotopic (exact) mass is 469 g/mol. The van der Waals surface area contributed by atoms with Crippen molar-refractivity contribution in [1.29, 1.82) is 5.26 Å². The first-order valence-electron chi connectivity index (χ1n) is 9.40. The summed E-state index contributed by atoms with van der Waals surface area (Å²) in [7, 11) is 0. The third kappa shape index (κ3) is 4.56. The molecule has 2 amide bonds. The predicted molar refractivity (Wildman–Crippen MR) is 125 cm³/mol. The number of nitriles is 1. The van der Waals surface area contributed by atoms with E-state index in [0.717, 1.165) is 10.2 Å². The Labute approximate surface area is 191 Å². The second kappa shape index (κ2) is 9.06. The largest absolute Gasteiger partial charge is 0.326 e. The number of carbonyl (C=O) groups is 2. The number of aliphatic imine (C=N–C) groups is 1. The fraction of sp³-hybridized carbons (Fsp3) is 0.190. The van der Waals surface area contributed by atoms with E-state index in [9.17, 15) is 9.59 Å². The number of thioether (sulfide) groups is 1. The van der Waals surface area contributed by atoms with Crippen molar-refractivity contribution >= 4 is 72.7 Å². The number of aromatic nitrogens is 1. The molecule has 0 aliphatic carbocycles. The van der Waals surface area contributed by atoms with Gasteiger partial charge < -0.3 is 5.32 Å². The number of nitrogens with zero attached hydrogens (tertiary/aromatic N) is 4. The Bertz CT molecular complexity index is 1220. The van der Waals surface area contributed by atoms with Crippen molar-refractivity contribution in [3.05, 3.63) is 53.1 Å². The van der Waals surface area contributed by atoms with Crippen LogP contribution in [0.25, 0.3) is 10.2 Å². The summed E-state index contributed by atoms with van der Waals surface area (Å²) in [5.74, 6) is -0.468. The number of benzene rings is 2. The van der Waals surface area contributed by atoms with Crippen molar-refractivity contribution in [1.82, 2.24) is 9.88 Å².